The fraction of sp³-hybridized carbons (Fsp3) is 0.545. The largest absolute Gasteiger partial charge is 0.477 e. The van der Waals surface area contributed by atoms with Crippen LogP contribution in [0.1, 0.15) is 19.8 Å². The Labute approximate surface area is 84.7 Å². The molecular formula is C11H16N2O. The van der Waals surface area contributed by atoms with Gasteiger partial charge in [0.15, 0.2) is 0 Å². The Kier molecular flexibility index (Phi) is 2.99. The Morgan fingerprint density at radius 1 is 1.64 bits per heavy atom. The smallest absolute Gasteiger partial charge is 0.142 e. The Hall–Kier alpha value is -1.09. The maximum atomic E-state index is 5.62. The van der Waals surface area contributed by atoms with Crippen molar-refractivity contribution >= 4 is 0 Å². The minimum atomic E-state index is 0.659. The molecule has 0 amide bonds. The Balaban J connectivity index is 1.82. The highest BCUT2D eigenvalue weighted by atomic mass is 16.5. The minimum absolute atomic E-state index is 0.659. The van der Waals surface area contributed by atoms with Gasteiger partial charge >= 0.3 is 0 Å². The molecule has 76 valence electrons. The molecular weight excluding hydrogens is 176 g/mol. The van der Waals surface area contributed by atoms with E-state index in [0.29, 0.717) is 12.8 Å². The summed E-state index contributed by atoms with van der Waals surface area (Å²) in [5.41, 5.74) is 0. The van der Waals surface area contributed by atoms with Crippen molar-refractivity contribution < 1.29 is 4.74 Å². The van der Waals surface area contributed by atoms with Crippen LogP contribution < -0.4 is 4.74 Å². The van der Waals surface area contributed by atoms with E-state index in [1.807, 2.05) is 12.1 Å². The van der Waals surface area contributed by atoms with Crippen LogP contribution >= 0.6 is 0 Å². The lowest BCUT2D eigenvalue weighted by atomic mass is 10.2. The number of aromatic nitrogens is 1. The number of hydrogen-bond acceptors (Lipinski definition) is 3. The predicted octanol–water partition coefficient (Wildman–Crippen LogP) is 1.90. The maximum absolute atomic E-state index is 5.62. The predicted molar refractivity (Wildman–Crippen MR) is 55.1 cm³/mol. The van der Waals surface area contributed by atoms with Gasteiger partial charge in [0, 0.05) is 18.8 Å². The second-order valence-corrected chi connectivity index (χ2v) is 3.77. The lowest BCUT2D eigenvalue weighted by Crippen LogP contribution is -2.30. The lowest BCUT2D eigenvalue weighted by molar-refractivity contribution is 0.121. The summed E-state index contributed by atoms with van der Waals surface area (Å²) in [7, 11) is 0. The summed E-state index contributed by atoms with van der Waals surface area (Å²) in [6, 6.07) is 4.49. The van der Waals surface area contributed by atoms with Gasteiger partial charge in [0.2, 0.25) is 0 Å². The molecule has 1 saturated heterocycles. The first-order valence-corrected chi connectivity index (χ1v) is 5.13. The molecule has 2 heterocycles. The van der Waals surface area contributed by atoms with E-state index >= 15 is 0 Å². The van der Waals surface area contributed by atoms with Crippen LogP contribution in [-0.2, 0) is 0 Å². The molecule has 1 aliphatic heterocycles. The molecule has 3 heteroatoms. The maximum Gasteiger partial charge on any atom is 0.142 e. The minimum Gasteiger partial charge on any atom is -0.477 e. The van der Waals surface area contributed by atoms with Gasteiger partial charge in [-0.3, -0.25) is 9.88 Å². The van der Waals surface area contributed by atoms with E-state index in [4.69, 9.17) is 4.74 Å². The summed E-state index contributed by atoms with van der Waals surface area (Å²) in [5, 5.41) is 0. The van der Waals surface area contributed by atoms with Crippen LogP contribution in [0.3, 0.4) is 0 Å². The van der Waals surface area contributed by atoms with Crippen LogP contribution in [0.5, 0.6) is 5.75 Å². The number of nitrogens with zero attached hydrogens (tertiary/aromatic N) is 2. The van der Waals surface area contributed by atoms with Gasteiger partial charge in [-0.05, 0) is 31.9 Å². The molecule has 1 aromatic heterocycles. The molecule has 3 nitrogen and oxygen atoms in total. The molecule has 1 fully saturated rings. The molecule has 0 N–H and O–H groups in total. The van der Waals surface area contributed by atoms with Gasteiger partial charge in [0.1, 0.15) is 12.5 Å². The monoisotopic (exact) mass is 192 g/mol. The molecule has 1 atom stereocenters. The molecule has 14 heavy (non-hydrogen) atoms. The molecule has 0 radical (unpaired) electrons. The normalized spacial score (nSPS) is 22.5. The van der Waals surface area contributed by atoms with Crippen LogP contribution in [-0.4, -0.2) is 29.2 Å². The molecule has 2 rings (SSSR count). The SMILES string of the molecule is CC1CCCN1COc1cccnc1. The van der Waals surface area contributed by atoms with Gasteiger partial charge in [0.05, 0.1) is 6.20 Å². The summed E-state index contributed by atoms with van der Waals surface area (Å²) in [6.45, 7) is 4.09. The van der Waals surface area contributed by atoms with Gasteiger partial charge in [-0.25, -0.2) is 0 Å². The third-order valence-electron chi connectivity index (χ3n) is 2.72. The van der Waals surface area contributed by atoms with E-state index < -0.39 is 0 Å². The summed E-state index contributed by atoms with van der Waals surface area (Å²) in [5.74, 6) is 0.853. The van der Waals surface area contributed by atoms with E-state index in [0.717, 1.165) is 12.3 Å². The lowest BCUT2D eigenvalue weighted by Gasteiger charge is -2.20. The van der Waals surface area contributed by atoms with Gasteiger partial charge in [-0.1, -0.05) is 0 Å². The van der Waals surface area contributed by atoms with E-state index in [2.05, 4.69) is 16.8 Å². The zero-order chi connectivity index (χ0) is 9.80. The van der Waals surface area contributed by atoms with Crippen LogP contribution in [0.4, 0.5) is 0 Å². The molecule has 0 saturated carbocycles. The molecule has 1 aliphatic rings. The number of pyridine rings is 1. The average Bonchev–Trinajstić information content (AvgIpc) is 2.63. The summed E-state index contributed by atoms with van der Waals surface area (Å²) >= 11 is 0. The van der Waals surface area contributed by atoms with Crippen molar-refractivity contribution in [1.29, 1.82) is 0 Å². The second kappa shape index (κ2) is 4.42. The van der Waals surface area contributed by atoms with Crippen LogP contribution in [0, 0.1) is 0 Å². The zero-order valence-electron chi connectivity index (χ0n) is 8.52. The molecule has 1 unspecified atom stereocenters. The van der Waals surface area contributed by atoms with Crippen molar-refractivity contribution in [1.82, 2.24) is 9.88 Å². The van der Waals surface area contributed by atoms with Crippen molar-refractivity contribution in [3.05, 3.63) is 24.5 Å². The van der Waals surface area contributed by atoms with Gasteiger partial charge in [-0.15, -0.1) is 0 Å². The topological polar surface area (TPSA) is 25.4 Å². The Bertz CT molecular complexity index is 276. The standard InChI is InChI=1S/C11H16N2O/c1-10-4-3-7-13(10)9-14-11-5-2-6-12-8-11/h2,5-6,8,10H,3-4,7,9H2,1H3. The summed E-state index contributed by atoms with van der Waals surface area (Å²) in [4.78, 5) is 6.36. The quantitative estimate of drug-likeness (QED) is 0.731. The van der Waals surface area contributed by atoms with Gasteiger partial charge in [0.25, 0.3) is 0 Å². The zero-order valence-corrected chi connectivity index (χ0v) is 8.52. The molecule has 1 aromatic rings. The van der Waals surface area contributed by atoms with Crippen molar-refractivity contribution in [3.63, 3.8) is 0 Å². The summed E-state index contributed by atoms with van der Waals surface area (Å²) < 4.78 is 5.62. The third-order valence-corrected chi connectivity index (χ3v) is 2.72. The van der Waals surface area contributed by atoms with E-state index in [1.165, 1.54) is 12.8 Å². The fourth-order valence-electron chi connectivity index (χ4n) is 1.77. The van der Waals surface area contributed by atoms with E-state index in [-0.39, 0.29) is 0 Å². The molecule has 0 spiro atoms. The molecule has 0 aromatic carbocycles. The first-order valence-electron chi connectivity index (χ1n) is 5.13. The van der Waals surface area contributed by atoms with Crippen molar-refractivity contribution in [2.24, 2.45) is 0 Å². The highest BCUT2D eigenvalue weighted by molar-refractivity contribution is 5.15. The number of ether oxygens (including phenoxy) is 1. The number of likely N-dealkylation sites (tertiary alicyclic amines) is 1. The van der Waals surface area contributed by atoms with Crippen LogP contribution in [0.25, 0.3) is 0 Å². The van der Waals surface area contributed by atoms with Crippen LogP contribution in [0.15, 0.2) is 24.5 Å². The number of hydrogen-bond donors (Lipinski definition) is 0. The molecule has 0 aliphatic carbocycles. The van der Waals surface area contributed by atoms with Gasteiger partial charge in [-0.2, -0.15) is 0 Å². The van der Waals surface area contributed by atoms with Crippen LogP contribution in [0.2, 0.25) is 0 Å². The third kappa shape index (κ3) is 2.23. The highest BCUT2D eigenvalue weighted by Gasteiger charge is 2.19. The Morgan fingerprint density at radius 3 is 3.21 bits per heavy atom. The van der Waals surface area contributed by atoms with Gasteiger partial charge < -0.3 is 4.74 Å². The second-order valence-electron chi connectivity index (χ2n) is 3.77. The summed E-state index contributed by atoms with van der Waals surface area (Å²) in [6.07, 6.45) is 6.08. The van der Waals surface area contributed by atoms with Crippen molar-refractivity contribution in [2.75, 3.05) is 13.3 Å². The van der Waals surface area contributed by atoms with E-state index in [9.17, 15) is 0 Å². The van der Waals surface area contributed by atoms with E-state index in [1.54, 1.807) is 12.4 Å². The highest BCUT2D eigenvalue weighted by Crippen LogP contribution is 2.16. The first kappa shape index (κ1) is 9.46. The fourth-order valence-corrected chi connectivity index (χ4v) is 1.77. The first-order chi connectivity index (χ1) is 6.86. The number of rotatable bonds is 3. The van der Waals surface area contributed by atoms with Crippen molar-refractivity contribution in [3.8, 4) is 5.75 Å². The average molecular weight is 192 g/mol. The van der Waals surface area contributed by atoms with Crippen molar-refractivity contribution in [2.45, 2.75) is 25.8 Å². The molecule has 0 bridgehead atoms. The Morgan fingerprint density at radius 2 is 2.57 bits per heavy atom.